The minimum atomic E-state index is -4.22. The predicted octanol–water partition coefficient (Wildman–Crippen LogP) is 4.17. The quantitative estimate of drug-likeness (QED) is 0.384. The van der Waals surface area contributed by atoms with Crippen LogP contribution in [0.1, 0.15) is 28.4 Å². The van der Waals surface area contributed by atoms with Gasteiger partial charge >= 0.3 is 0 Å². The van der Waals surface area contributed by atoms with Crippen molar-refractivity contribution in [1.82, 2.24) is 14.7 Å². The lowest BCUT2D eigenvalue weighted by atomic mass is 10.0. The van der Waals surface area contributed by atoms with Crippen molar-refractivity contribution < 1.29 is 22.7 Å². The summed E-state index contributed by atoms with van der Waals surface area (Å²) < 4.78 is 39.1. The van der Waals surface area contributed by atoms with Crippen LogP contribution in [-0.4, -0.2) is 45.1 Å². The maximum Gasteiger partial charge on any atom is 0.283 e. The van der Waals surface area contributed by atoms with E-state index in [9.17, 15) is 13.2 Å². The Morgan fingerprint density at radius 1 is 1.06 bits per heavy atom. The fourth-order valence-corrected chi connectivity index (χ4v) is 5.61. The number of aromatic nitrogens is 2. The van der Waals surface area contributed by atoms with E-state index >= 15 is 0 Å². The second-order valence-electron chi connectivity index (χ2n) is 8.69. The first-order valence-corrected chi connectivity index (χ1v) is 12.9. The van der Waals surface area contributed by atoms with Crippen LogP contribution in [0, 0.1) is 5.92 Å². The summed E-state index contributed by atoms with van der Waals surface area (Å²) in [4.78, 5) is 21.7. The number of rotatable bonds is 8. The molecule has 1 saturated carbocycles. The molecule has 2 heterocycles. The SMILES string of the molecule is COCC1CC1c1ccc(OC)c(S(=O)(=O)NC(=O)c2ccc3c(-c4ccccn4)cccc3n2)c1. The van der Waals surface area contributed by atoms with Crippen LogP contribution in [0.2, 0.25) is 0 Å². The minimum absolute atomic E-state index is 0.0123. The van der Waals surface area contributed by atoms with E-state index in [0.717, 1.165) is 28.6 Å². The Morgan fingerprint density at radius 3 is 2.67 bits per heavy atom. The Labute approximate surface area is 209 Å². The molecule has 8 nitrogen and oxygen atoms in total. The predicted molar refractivity (Wildman–Crippen MR) is 135 cm³/mol. The van der Waals surface area contributed by atoms with E-state index in [2.05, 4.69) is 14.7 Å². The van der Waals surface area contributed by atoms with E-state index in [4.69, 9.17) is 9.47 Å². The molecule has 2 aromatic carbocycles. The number of nitrogens with one attached hydrogen (secondary N) is 1. The van der Waals surface area contributed by atoms with Crippen molar-refractivity contribution in [2.75, 3.05) is 20.8 Å². The number of fused-ring (bicyclic) bond motifs is 1. The summed E-state index contributed by atoms with van der Waals surface area (Å²) >= 11 is 0. The Hall–Kier alpha value is -3.82. The highest BCUT2D eigenvalue weighted by Crippen LogP contribution is 2.48. The van der Waals surface area contributed by atoms with Gasteiger partial charge < -0.3 is 9.47 Å². The van der Waals surface area contributed by atoms with Gasteiger partial charge in [0.25, 0.3) is 15.9 Å². The van der Waals surface area contributed by atoms with Gasteiger partial charge in [0.05, 0.1) is 18.3 Å². The second kappa shape index (κ2) is 9.67. The number of carbonyl (C=O) groups is 1. The average Bonchev–Trinajstić information content (AvgIpc) is 3.67. The summed E-state index contributed by atoms with van der Waals surface area (Å²) in [5.41, 5.74) is 3.06. The van der Waals surface area contributed by atoms with Crippen LogP contribution in [0.3, 0.4) is 0 Å². The summed E-state index contributed by atoms with van der Waals surface area (Å²) in [6.45, 7) is 0.616. The molecule has 1 aliphatic rings. The van der Waals surface area contributed by atoms with Crippen LogP contribution in [0.4, 0.5) is 0 Å². The number of hydrogen-bond acceptors (Lipinski definition) is 7. The fraction of sp³-hybridized carbons (Fsp3) is 0.222. The molecule has 1 N–H and O–H groups in total. The van der Waals surface area contributed by atoms with Crippen molar-refractivity contribution in [3.8, 4) is 17.0 Å². The third kappa shape index (κ3) is 4.67. The van der Waals surface area contributed by atoms with E-state index < -0.39 is 15.9 Å². The van der Waals surface area contributed by atoms with E-state index in [-0.39, 0.29) is 22.3 Å². The average molecular weight is 504 g/mol. The van der Waals surface area contributed by atoms with Crippen molar-refractivity contribution in [1.29, 1.82) is 0 Å². The molecule has 1 aliphatic carbocycles. The number of benzene rings is 2. The second-order valence-corrected chi connectivity index (χ2v) is 10.3. The van der Waals surface area contributed by atoms with Crippen molar-refractivity contribution in [3.63, 3.8) is 0 Å². The van der Waals surface area contributed by atoms with Crippen molar-refractivity contribution >= 4 is 26.8 Å². The van der Waals surface area contributed by atoms with Crippen LogP contribution in [0.15, 0.2) is 77.8 Å². The maximum absolute atomic E-state index is 13.2. The molecule has 2 unspecified atom stereocenters. The Morgan fingerprint density at radius 2 is 1.92 bits per heavy atom. The smallest absolute Gasteiger partial charge is 0.283 e. The molecule has 0 radical (unpaired) electrons. The number of hydrogen-bond donors (Lipinski definition) is 1. The zero-order chi connectivity index (χ0) is 25.3. The van der Waals surface area contributed by atoms with Crippen molar-refractivity contribution in [3.05, 3.63) is 84.2 Å². The third-order valence-corrected chi connectivity index (χ3v) is 7.69. The van der Waals surface area contributed by atoms with Crippen LogP contribution >= 0.6 is 0 Å². The van der Waals surface area contributed by atoms with Gasteiger partial charge in [-0.1, -0.05) is 24.3 Å². The first kappa shape index (κ1) is 23.9. The summed E-state index contributed by atoms with van der Waals surface area (Å²) in [7, 11) is -1.18. The number of sulfonamides is 1. The van der Waals surface area contributed by atoms with Gasteiger partial charge in [0.1, 0.15) is 16.3 Å². The molecule has 1 fully saturated rings. The molecule has 1 amide bonds. The van der Waals surface area contributed by atoms with Crippen LogP contribution < -0.4 is 9.46 Å². The standard InChI is InChI=1S/C27H25N3O5S/c1-34-16-18-14-21(18)17-9-12-25(35-2)26(15-17)36(32,33)30-27(31)24-11-10-20-19(6-5-8-23(20)29-24)22-7-3-4-13-28-22/h3-13,15,18,21H,14,16H2,1-2H3,(H,30,31). The highest BCUT2D eigenvalue weighted by Gasteiger charge is 2.39. The monoisotopic (exact) mass is 503 g/mol. The first-order valence-electron chi connectivity index (χ1n) is 11.5. The number of nitrogens with zero attached hydrogens (tertiary/aromatic N) is 2. The fourth-order valence-electron chi connectivity index (χ4n) is 4.44. The van der Waals surface area contributed by atoms with Crippen molar-refractivity contribution in [2.45, 2.75) is 17.2 Å². The molecular weight excluding hydrogens is 478 g/mol. The topological polar surface area (TPSA) is 107 Å². The molecule has 36 heavy (non-hydrogen) atoms. The van der Waals surface area contributed by atoms with Gasteiger partial charge in [0.15, 0.2) is 0 Å². The lowest BCUT2D eigenvalue weighted by Crippen LogP contribution is -2.31. The summed E-state index contributed by atoms with van der Waals surface area (Å²) in [6, 6.07) is 19.4. The van der Waals surface area contributed by atoms with Crippen LogP contribution in [0.5, 0.6) is 5.75 Å². The molecule has 5 rings (SSSR count). The highest BCUT2D eigenvalue weighted by atomic mass is 32.2. The molecule has 184 valence electrons. The Bertz CT molecular complexity index is 1540. The van der Waals surface area contributed by atoms with Gasteiger partial charge in [0.2, 0.25) is 0 Å². The largest absolute Gasteiger partial charge is 0.495 e. The van der Waals surface area contributed by atoms with E-state index in [1.165, 1.54) is 13.2 Å². The van der Waals surface area contributed by atoms with Gasteiger partial charge in [0, 0.05) is 30.9 Å². The Balaban J connectivity index is 1.42. The van der Waals surface area contributed by atoms with E-state index in [0.29, 0.717) is 18.0 Å². The zero-order valence-electron chi connectivity index (χ0n) is 19.8. The van der Waals surface area contributed by atoms with Gasteiger partial charge in [-0.3, -0.25) is 9.78 Å². The Kier molecular flexibility index (Phi) is 6.42. The van der Waals surface area contributed by atoms with Gasteiger partial charge in [-0.15, -0.1) is 0 Å². The molecule has 0 spiro atoms. The zero-order valence-corrected chi connectivity index (χ0v) is 20.7. The molecule has 0 aliphatic heterocycles. The lowest BCUT2D eigenvalue weighted by molar-refractivity contribution is 0.0977. The summed E-state index contributed by atoms with van der Waals surface area (Å²) in [6.07, 6.45) is 2.63. The molecule has 0 saturated heterocycles. The highest BCUT2D eigenvalue weighted by molar-refractivity contribution is 7.90. The molecule has 4 aromatic rings. The summed E-state index contributed by atoms with van der Waals surface area (Å²) in [5.74, 6) is -0.0898. The molecule has 0 bridgehead atoms. The lowest BCUT2D eigenvalue weighted by Gasteiger charge is -2.13. The number of amides is 1. The molecule has 2 aromatic heterocycles. The van der Waals surface area contributed by atoms with E-state index in [1.54, 1.807) is 37.6 Å². The third-order valence-electron chi connectivity index (χ3n) is 6.34. The van der Waals surface area contributed by atoms with Crippen LogP contribution in [0.25, 0.3) is 22.2 Å². The van der Waals surface area contributed by atoms with Gasteiger partial charge in [-0.2, -0.15) is 0 Å². The number of pyridine rings is 2. The minimum Gasteiger partial charge on any atom is -0.495 e. The number of carbonyl (C=O) groups excluding carboxylic acids is 1. The molecular formula is C27H25N3O5S. The molecule has 9 heteroatoms. The summed E-state index contributed by atoms with van der Waals surface area (Å²) in [5, 5.41) is 0.806. The van der Waals surface area contributed by atoms with Crippen molar-refractivity contribution in [2.24, 2.45) is 5.92 Å². The normalized spacial score (nSPS) is 17.1. The number of ether oxygens (including phenoxy) is 2. The molecule has 2 atom stereocenters. The van der Waals surface area contributed by atoms with Crippen LogP contribution in [-0.2, 0) is 14.8 Å². The maximum atomic E-state index is 13.2. The first-order chi connectivity index (χ1) is 17.4. The van der Waals surface area contributed by atoms with E-state index in [1.807, 2.05) is 36.4 Å². The van der Waals surface area contributed by atoms with Gasteiger partial charge in [-0.25, -0.2) is 18.1 Å². The number of methoxy groups -OCH3 is 2. The van der Waals surface area contributed by atoms with Gasteiger partial charge in [-0.05, 0) is 66.3 Å².